The highest BCUT2D eigenvalue weighted by atomic mass is 79.9. The lowest BCUT2D eigenvalue weighted by Gasteiger charge is -2.01. The number of nitrogens with zero attached hydrogens (tertiary/aromatic N) is 1. The van der Waals surface area contributed by atoms with Crippen molar-refractivity contribution in [2.24, 2.45) is 5.73 Å². The first kappa shape index (κ1) is 11.1. The van der Waals surface area contributed by atoms with Crippen LogP contribution in [0.2, 0.25) is 0 Å². The SMILES string of the molecule is N#Cc1cc(Br)ccc1SCC(N)=O. The third kappa shape index (κ3) is 3.05. The number of nitriles is 1. The number of primary amides is 1. The van der Waals surface area contributed by atoms with E-state index < -0.39 is 0 Å². The Bertz CT molecular complexity index is 400. The number of carbonyl (C=O) groups is 1. The number of halogens is 1. The molecule has 14 heavy (non-hydrogen) atoms. The molecule has 0 saturated heterocycles. The first-order valence-corrected chi connectivity index (χ1v) is 5.52. The average molecular weight is 271 g/mol. The molecule has 0 aliphatic heterocycles. The van der Waals surface area contributed by atoms with Crippen LogP contribution < -0.4 is 5.73 Å². The van der Waals surface area contributed by atoms with Gasteiger partial charge >= 0.3 is 0 Å². The third-order valence-corrected chi connectivity index (χ3v) is 3.02. The van der Waals surface area contributed by atoms with Gasteiger partial charge in [0.2, 0.25) is 5.91 Å². The molecule has 1 aromatic carbocycles. The van der Waals surface area contributed by atoms with Crippen LogP contribution in [0.4, 0.5) is 0 Å². The fraction of sp³-hybridized carbons (Fsp3) is 0.111. The molecule has 1 rings (SSSR count). The van der Waals surface area contributed by atoms with Crippen LogP contribution in [-0.2, 0) is 4.79 Å². The van der Waals surface area contributed by atoms with Gasteiger partial charge in [-0.15, -0.1) is 11.8 Å². The van der Waals surface area contributed by atoms with Crippen LogP contribution in [0.5, 0.6) is 0 Å². The highest BCUT2D eigenvalue weighted by molar-refractivity contribution is 9.10. The minimum atomic E-state index is -0.387. The number of hydrogen-bond acceptors (Lipinski definition) is 3. The fourth-order valence-corrected chi connectivity index (χ4v) is 1.95. The second-order valence-corrected chi connectivity index (χ2v) is 4.44. The Labute approximate surface area is 94.4 Å². The van der Waals surface area contributed by atoms with Crippen LogP contribution in [0, 0.1) is 11.3 Å². The molecule has 2 N–H and O–H groups in total. The smallest absolute Gasteiger partial charge is 0.227 e. The largest absolute Gasteiger partial charge is 0.369 e. The number of rotatable bonds is 3. The maximum Gasteiger partial charge on any atom is 0.227 e. The summed E-state index contributed by atoms with van der Waals surface area (Å²) in [5.41, 5.74) is 5.56. The second-order valence-electron chi connectivity index (χ2n) is 2.51. The van der Waals surface area contributed by atoms with Gasteiger partial charge in [0.05, 0.1) is 11.3 Å². The summed E-state index contributed by atoms with van der Waals surface area (Å²) in [6, 6.07) is 7.38. The summed E-state index contributed by atoms with van der Waals surface area (Å²) in [7, 11) is 0. The van der Waals surface area contributed by atoms with Gasteiger partial charge in [-0.3, -0.25) is 4.79 Å². The van der Waals surface area contributed by atoms with Crippen molar-refractivity contribution < 1.29 is 4.79 Å². The number of amides is 1. The quantitative estimate of drug-likeness (QED) is 0.854. The van der Waals surface area contributed by atoms with Gasteiger partial charge in [0.25, 0.3) is 0 Å². The van der Waals surface area contributed by atoms with E-state index >= 15 is 0 Å². The van der Waals surface area contributed by atoms with E-state index in [1.165, 1.54) is 11.8 Å². The molecule has 0 radical (unpaired) electrons. The predicted octanol–water partition coefficient (Wildman–Crippen LogP) is 1.90. The Kier molecular flexibility index (Phi) is 3.98. The molecule has 1 amide bonds. The highest BCUT2D eigenvalue weighted by Gasteiger charge is 2.04. The van der Waals surface area contributed by atoms with Crippen LogP contribution in [-0.4, -0.2) is 11.7 Å². The number of nitrogens with two attached hydrogens (primary N) is 1. The molecule has 0 saturated carbocycles. The van der Waals surface area contributed by atoms with E-state index in [-0.39, 0.29) is 11.7 Å². The van der Waals surface area contributed by atoms with E-state index in [0.29, 0.717) is 5.56 Å². The molecule has 1 aromatic rings. The summed E-state index contributed by atoms with van der Waals surface area (Å²) in [5.74, 6) is -0.196. The van der Waals surface area contributed by atoms with E-state index in [9.17, 15) is 4.79 Å². The molecule has 0 fully saturated rings. The Balaban J connectivity index is 2.87. The van der Waals surface area contributed by atoms with Gasteiger partial charge in [-0.05, 0) is 18.2 Å². The zero-order valence-corrected chi connectivity index (χ0v) is 9.56. The maximum absolute atomic E-state index is 10.5. The Morgan fingerprint density at radius 2 is 2.36 bits per heavy atom. The molecule has 72 valence electrons. The number of hydrogen-bond donors (Lipinski definition) is 1. The monoisotopic (exact) mass is 270 g/mol. The molecule has 0 spiro atoms. The summed E-state index contributed by atoms with van der Waals surface area (Å²) in [4.78, 5) is 11.3. The lowest BCUT2D eigenvalue weighted by Crippen LogP contribution is -2.13. The van der Waals surface area contributed by atoms with Crippen LogP contribution in [0.1, 0.15) is 5.56 Å². The average Bonchev–Trinajstić information content (AvgIpc) is 2.15. The first-order chi connectivity index (χ1) is 6.63. The molecule has 0 unspecified atom stereocenters. The van der Waals surface area contributed by atoms with Crippen molar-refractivity contribution in [3.8, 4) is 6.07 Å². The summed E-state index contributed by atoms with van der Waals surface area (Å²) in [5, 5.41) is 8.81. The summed E-state index contributed by atoms with van der Waals surface area (Å²) in [6.45, 7) is 0. The molecule has 0 aliphatic carbocycles. The van der Waals surface area contributed by atoms with Crippen molar-refractivity contribution in [1.82, 2.24) is 0 Å². The van der Waals surface area contributed by atoms with Crippen LogP contribution in [0.3, 0.4) is 0 Å². The minimum Gasteiger partial charge on any atom is -0.369 e. The van der Waals surface area contributed by atoms with E-state index in [0.717, 1.165) is 9.37 Å². The Hall–Kier alpha value is -0.990. The van der Waals surface area contributed by atoms with Crippen molar-refractivity contribution in [2.45, 2.75) is 4.90 Å². The second kappa shape index (κ2) is 5.03. The molecule has 0 aromatic heterocycles. The number of benzene rings is 1. The Morgan fingerprint density at radius 3 is 2.93 bits per heavy atom. The molecule has 3 nitrogen and oxygen atoms in total. The van der Waals surface area contributed by atoms with E-state index in [1.54, 1.807) is 12.1 Å². The van der Waals surface area contributed by atoms with Gasteiger partial charge in [-0.2, -0.15) is 5.26 Å². The zero-order valence-electron chi connectivity index (χ0n) is 7.16. The summed E-state index contributed by atoms with van der Waals surface area (Å²) < 4.78 is 0.845. The number of carbonyl (C=O) groups excluding carboxylic acids is 1. The molecule has 5 heteroatoms. The van der Waals surface area contributed by atoms with Gasteiger partial charge < -0.3 is 5.73 Å². The van der Waals surface area contributed by atoms with Crippen molar-refractivity contribution in [1.29, 1.82) is 5.26 Å². The molecule has 0 aliphatic rings. The lowest BCUT2D eigenvalue weighted by molar-refractivity contribution is -0.115. The van der Waals surface area contributed by atoms with Crippen molar-refractivity contribution >= 4 is 33.6 Å². The van der Waals surface area contributed by atoms with Gasteiger partial charge in [0, 0.05) is 9.37 Å². The zero-order chi connectivity index (χ0) is 10.6. The predicted molar refractivity (Wildman–Crippen MR) is 58.8 cm³/mol. The standard InChI is InChI=1S/C9H7BrN2OS/c10-7-1-2-8(6(3-7)4-11)14-5-9(12)13/h1-3H,5H2,(H2,12,13). The van der Waals surface area contributed by atoms with Gasteiger partial charge in [0.15, 0.2) is 0 Å². The third-order valence-electron chi connectivity index (χ3n) is 1.43. The molecule has 0 atom stereocenters. The van der Waals surface area contributed by atoms with Crippen LogP contribution in [0.15, 0.2) is 27.6 Å². The topological polar surface area (TPSA) is 66.9 Å². The molecule has 0 heterocycles. The van der Waals surface area contributed by atoms with Gasteiger partial charge in [0.1, 0.15) is 6.07 Å². The van der Waals surface area contributed by atoms with Crippen molar-refractivity contribution in [3.63, 3.8) is 0 Å². The van der Waals surface area contributed by atoms with Crippen LogP contribution in [0.25, 0.3) is 0 Å². The van der Waals surface area contributed by atoms with Crippen LogP contribution >= 0.6 is 27.7 Å². The normalized spacial score (nSPS) is 9.43. The van der Waals surface area contributed by atoms with E-state index in [1.807, 2.05) is 6.07 Å². The van der Waals surface area contributed by atoms with Gasteiger partial charge in [-0.1, -0.05) is 15.9 Å². The molecular formula is C9H7BrN2OS. The molecular weight excluding hydrogens is 264 g/mol. The fourth-order valence-electron chi connectivity index (χ4n) is 0.864. The number of thioether (sulfide) groups is 1. The summed E-state index contributed by atoms with van der Waals surface area (Å²) >= 11 is 4.54. The van der Waals surface area contributed by atoms with Gasteiger partial charge in [-0.25, -0.2) is 0 Å². The summed E-state index contributed by atoms with van der Waals surface area (Å²) in [6.07, 6.45) is 0. The van der Waals surface area contributed by atoms with Crippen molar-refractivity contribution in [3.05, 3.63) is 28.2 Å². The van der Waals surface area contributed by atoms with Crippen molar-refractivity contribution in [2.75, 3.05) is 5.75 Å². The van der Waals surface area contributed by atoms with E-state index in [4.69, 9.17) is 11.0 Å². The first-order valence-electron chi connectivity index (χ1n) is 3.74. The highest BCUT2D eigenvalue weighted by Crippen LogP contribution is 2.24. The Morgan fingerprint density at radius 1 is 1.64 bits per heavy atom. The minimum absolute atomic E-state index is 0.191. The molecule has 0 bridgehead atoms. The maximum atomic E-state index is 10.5. The van der Waals surface area contributed by atoms with E-state index in [2.05, 4.69) is 22.0 Å². The lowest BCUT2D eigenvalue weighted by atomic mass is 10.2.